The molecule has 0 unspecified atom stereocenters. The van der Waals surface area contributed by atoms with Gasteiger partial charge in [-0.05, 0) is 41.2 Å². The number of para-hydroxylation sites is 1. The van der Waals surface area contributed by atoms with Crippen molar-refractivity contribution in [3.05, 3.63) is 77.0 Å². The highest BCUT2D eigenvalue weighted by Gasteiger charge is 2.28. The molecule has 4 heteroatoms. The number of hydrogen-bond acceptors (Lipinski definition) is 3. The molecule has 3 N–H and O–H groups in total. The lowest BCUT2D eigenvalue weighted by atomic mass is 9.78. The first-order chi connectivity index (χ1) is 13.5. The van der Waals surface area contributed by atoms with Crippen molar-refractivity contribution in [1.82, 2.24) is 4.98 Å². The van der Waals surface area contributed by atoms with Gasteiger partial charge in [0.25, 0.3) is 0 Å². The van der Waals surface area contributed by atoms with E-state index in [-0.39, 0.29) is 22.4 Å². The summed E-state index contributed by atoms with van der Waals surface area (Å²) in [6.07, 6.45) is 1.72. The van der Waals surface area contributed by atoms with Gasteiger partial charge in [-0.25, -0.2) is 0 Å². The lowest BCUT2D eigenvalue weighted by Gasteiger charge is -2.28. The summed E-state index contributed by atoms with van der Waals surface area (Å²) in [6.45, 7) is 12.3. The van der Waals surface area contributed by atoms with Gasteiger partial charge in [-0.2, -0.15) is 0 Å². The zero-order valence-electron chi connectivity index (χ0n) is 18.1. The van der Waals surface area contributed by atoms with Crippen molar-refractivity contribution in [1.29, 1.82) is 0 Å². The van der Waals surface area contributed by atoms with E-state index in [9.17, 15) is 9.90 Å². The number of aromatic hydroxyl groups is 1. The van der Waals surface area contributed by atoms with Crippen LogP contribution in [-0.4, -0.2) is 15.9 Å². The van der Waals surface area contributed by atoms with Crippen molar-refractivity contribution in [2.75, 3.05) is 5.32 Å². The van der Waals surface area contributed by atoms with Crippen molar-refractivity contribution in [2.24, 2.45) is 0 Å². The Morgan fingerprint density at radius 1 is 0.862 bits per heavy atom. The topological polar surface area (TPSA) is 65.1 Å². The third-order valence-electron chi connectivity index (χ3n) is 4.99. The molecule has 0 aliphatic carbocycles. The number of phenolic OH excluding ortho intramolecular Hbond substituents is 1. The summed E-state index contributed by atoms with van der Waals surface area (Å²) < 4.78 is 0. The van der Waals surface area contributed by atoms with Crippen LogP contribution in [0.25, 0.3) is 0 Å². The molecule has 3 rings (SSSR count). The van der Waals surface area contributed by atoms with E-state index in [1.807, 2.05) is 90.1 Å². The molecule has 3 aromatic rings. The first-order valence-electron chi connectivity index (χ1n) is 9.90. The number of aromatic nitrogens is 1. The summed E-state index contributed by atoms with van der Waals surface area (Å²) in [5, 5.41) is 14.1. The van der Waals surface area contributed by atoms with Gasteiger partial charge in [-0.15, -0.1) is 0 Å². The molecule has 0 saturated heterocycles. The number of phenols is 1. The van der Waals surface area contributed by atoms with E-state index in [0.29, 0.717) is 11.1 Å². The van der Waals surface area contributed by atoms with Crippen LogP contribution in [0, 0.1) is 0 Å². The second-order valence-electron chi connectivity index (χ2n) is 9.54. The normalized spacial score (nSPS) is 12.1. The Kier molecular flexibility index (Phi) is 5.31. The van der Waals surface area contributed by atoms with Gasteiger partial charge in [0.1, 0.15) is 11.6 Å². The molecule has 0 fully saturated rings. The van der Waals surface area contributed by atoms with Crippen molar-refractivity contribution in [3.8, 4) is 5.75 Å². The van der Waals surface area contributed by atoms with Crippen molar-refractivity contribution < 1.29 is 9.90 Å². The third kappa shape index (κ3) is 4.53. The molecule has 0 atom stereocenters. The third-order valence-corrected chi connectivity index (χ3v) is 4.99. The van der Waals surface area contributed by atoms with Crippen molar-refractivity contribution in [3.63, 3.8) is 0 Å². The number of rotatable bonds is 4. The number of anilines is 2. The maximum absolute atomic E-state index is 13.3. The number of carbonyl (C=O) groups excluding carboxylic acids is 1. The molecule has 0 spiro atoms. The van der Waals surface area contributed by atoms with E-state index in [2.05, 4.69) is 10.3 Å². The largest absolute Gasteiger partial charge is 0.507 e. The Morgan fingerprint density at radius 3 is 1.93 bits per heavy atom. The van der Waals surface area contributed by atoms with Crippen LogP contribution >= 0.6 is 0 Å². The number of carbonyl (C=O) groups is 1. The molecule has 0 radical (unpaired) electrons. The lowest BCUT2D eigenvalue weighted by molar-refractivity contribution is 0.103. The van der Waals surface area contributed by atoms with E-state index < -0.39 is 0 Å². The summed E-state index contributed by atoms with van der Waals surface area (Å²) in [7, 11) is 0. The standard InChI is InChI=1S/C25H30N2O2/c1-24(2,3)19-12-16(13-20(23(19)29)25(4,5)6)22(28)17-14-21(26-15-17)27-18-10-8-7-9-11-18/h7-15,26-27,29H,1-6H3. The quantitative estimate of drug-likeness (QED) is 0.459. The van der Waals surface area contributed by atoms with Crippen LogP contribution in [0.1, 0.15) is 68.6 Å². The minimum absolute atomic E-state index is 0.0710. The van der Waals surface area contributed by atoms with E-state index in [1.165, 1.54) is 0 Å². The SMILES string of the molecule is CC(C)(C)c1cc(C(=O)c2c[nH]c(Nc3ccccc3)c2)cc(C(C)(C)C)c1O. The van der Waals surface area contributed by atoms with Gasteiger partial charge in [-0.3, -0.25) is 4.79 Å². The van der Waals surface area contributed by atoms with E-state index in [1.54, 1.807) is 6.20 Å². The summed E-state index contributed by atoms with van der Waals surface area (Å²) >= 11 is 0. The average Bonchev–Trinajstić information content (AvgIpc) is 3.08. The molecule has 1 heterocycles. The minimum Gasteiger partial charge on any atom is -0.507 e. The number of H-pyrrole nitrogens is 1. The molecular weight excluding hydrogens is 360 g/mol. The Balaban J connectivity index is 1.99. The predicted octanol–water partition coefficient (Wildman–Crippen LogP) is 6.29. The molecule has 0 aliphatic rings. The van der Waals surface area contributed by atoms with Gasteiger partial charge in [0.05, 0.1) is 0 Å². The highest BCUT2D eigenvalue weighted by molar-refractivity contribution is 6.09. The van der Waals surface area contributed by atoms with Gasteiger partial charge in [0.15, 0.2) is 5.78 Å². The summed E-state index contributed by atoms with van der Waals surface area (Å²) in [6, 6.07) is 15.3. The molecular formula is C25H30N2O2. The first-order valence-corrected chi connectivity index (χ1v) is 9.90. The van der Waals surface area contributed by atoms with E-state index >= 15 is 0 Å². The van der Waals surface area contributed by atoms with E-state index in [0.717, 1.165) is 22.6 Å². The smallest absolute Gasteiger partial charge is 0.194 e. The number of benzene rings is 2. The molecule has 152 valence electrons. The highest BCUT2D eigenvalue weighted by atomic mass is 16.3. The Morgan fingerprint density at radius 2 is 1.41 bits per heavy atom. The number of aromatic amines is 1. The lowest BCUT2D eigenvalue weighted by Crippen LogP contribution is -2.19. The summed E-state index contributed by atoms with van der Waals surface area (Å²) in [5.41, 5.74) is 3.12. The van der Waals surface area contributed by atoms with E-state index in [4.69, 9.17) is 0 Å². The Hall–Kier alpha value is -3.01. The molecule has 0 aliphatic heterocycles. The van der Waals surface area contributed by atoms with Crippen molar-refractivity contribution in [2.45, 2.75) is 52.4 Å². The fraction of sp³-hybridized carbons (Fsp3) is 0.320. The molecule has 0 bridgehead atoms. The van der Waals surface area contributed by atoms with Crippen LogP contribution in [-0.2, 0) is 10.8 Å². The van der Waals surface area contributed by atoms with Crippen LogP contribution < -0.4 is 5.32 Å². The van der Waals surface area contributed by atoms with Crippen LogP contribution in [0.5, 0.6) is 5.75 Å². The Bertz CT molecular complexity index is 984. The number of ketones is 1. The minimum atomic E-state index is -0.279. The predicted molar refractivity (Wildman–Crippen MR) is 119 cm³/mol. The fourth-order valence-corrected chi connectivity index (χ4v) is 3.35. The zero-order valence-corrected chi connectivity index (χ0v) is 18.1. The van der Waals surface area contributed by atoms with Crippen LogP contribution in [0.15, 0.2) is 54.7 Å². The second-order valence-corrected chi connectivity index (χ2v) is 9.54. The number of nitrogens with one attached hydrogen (secondary N) is 2. The first kappa shape index (κ1) is 20.7. The average molecular weight is 391 g/mol. The van der Waals surface area contributed by atoms with Crippen LogP contribution in [0.4, 0.5) is 11.5 Å². The molecule has 29 heavy (non-hydrogen) atoms. The highest BCUT2D eigenvalue weighted by Crippen LogP contribution is 2.40. The van der Waals surface area contributed by atoms with Gasteiger partial charge in [-0.1, -0.05) is 59.7 Å². The van der Waals surface area contributed by atoms with Gasteiger partial charge < -0.3 is 15.4 Å². The maximum atomic E-state index is 13.3. The summed E-state index contributed by atoms with van der Waals surface area (Å²) in [5.74, 6) is 0.964. The zero-order chi connectivity index (χ0) is 21.4. The molecule has 0 saturated carbocycles. The van der Waals surface area contributed by atoms with Gasteiger partial charge >= 0.3 is 0 Å². The van der Waals surface area contributed by atoms with Crippen molar-refractivity contribution >= 4 is 17.3 Å². The molecule has 0 amide bonds. The summed E-state index contributed by atoms with van der Waals surface area (Å²) in [4.78, 5) is 16.4. The van der Waals surface area contributed by atoms with Gasteiger partial charge in [0, 0.05) is 34.1 Å². The molecule has 2 aromatic carbocycles. The van der Waals surface area contributed by atoms with Crippen LogP contribution in [0.2, 0.25) is 0 Å². The maximum Gasteiger partial charge on any atom is 0.194 e. The monoisotopic (exact) mass is 390 g/mol. The number of hydrogen-bond donors (Lipinski definition) is 3. The Labute approximate surface area is 173 Å². The molecule has 4 nitrogen and oxygen atoms in total. The fourth-order valence-electron chi connectivity index (χ4n) is 3.35. The van der Waals surface area contributed by atoms with Gasteiger partial charge in [0.2, 0.25) is 0 Å². The second kappa shape index (κ2) is 7.43. The molecule has 1 aromatic heterocycles. The van der Waals surface area contributed by atoms with Crippen LogP contribution in [0.3, 0.4) is 0 Å².